The van der Waals surface area contributed by atoms with Crippen molar-refractivity contribution in [2.75, 3.05) is 32.8 Å². The highest BCUT2D eigenvalue weighted by Gasteiger charge is 2.42. The van der Waals surface area contributed by atoms with E-state index >= 15 is 0 Å². The molecule has 1 spiro atoms. The summed E-state index contributed by atoms with van der Waals surface area (Å²) in [5.41, 5.74) is 0.340. The lowest BCUT2D eigenvalue weighted by molar-refractivity contribution is -0.161. The topological polar surface area (TPSA) is 67.7 Å². The lowest BCUT2D eigenvalue weighted by Gasteiger charge is -2.47. The molecule has 2 amide bonds. The molecule has 3 heterocycles. The summed E-state index contributed by atoms with van der Waals surface area (Å²) in [5, 5.41) is 4.20. The van der Waals surface area contributed by atoms with Crippen LogP contribution in [-0.4, -0.2) is 69.8 Å². The van der Waals surface area contributed by atoms with Gasteiger partial charge in [-0.15, -0.1) is 0 Å². The minimum atomic E-state index is -0.301. The molecule has 0 bridgehead atoms. The number of allylic oxidation sites excluding steroid dienone is 2. The molecule has 3 aliphatic rings. The summed E-state index contributed by atoms with van der Waals surface area (Å²) in [4.78, 5) is 29.4. The van der Waals surface area contributed by atoms with Gasteiger partial charge < -0.3 is 14.5 Å². The van der Waals surface area contributed by atoms with Gasteiger partial charge in [0.05, 0.1) is 24.0 Å². The molecular formula is C20H28N4O3. The highest BCUT2D eigenvalue weighted by atomic mass is 16.5. The number of carbonyl (C=O) groups is 2. The van der Waals surface area contributed by atoms with Gasteiger partial charge in [0.2, 0.25) is 5.91 Å². The Morgan fingerprint density at radius 3 is 2.59 bits per heavy atom. The molecule has 2 fully saturated rings. The number of hydrogen-bond donors (Lipinski definition) is 0. The zero-order valence-corrected chi connectivity index (χ0v) is 16.0. The van der Waals surface area contributed by atoms with E-state index in [1.807, 2.05) is 16.7 Å². The summed E-state index contributed by atoms with van der Waals surface area (Å²) in [6, 6.07) is 0. The first-order valence-electron chi connectivity index (χ1n) is 10.00. The third-order valence-electron chi connectivity index (χ3n) is 6.08. The van der Waals surface area contributed by atoms with Crippen molar-refractivity contribution in [2.45, 2.75) is 44.8 Å². The van der Waals surface area contributed by atoms with Crippen molar-refractivity contribution in [3.63, 3.8) is 0 Å². The smallest absolute Gasteiger partial charge is 0.257 e. The summed E-state index contributed by atoms with van der Waals surface area (Å²) >= 11 is 0. The summed E-state index contributed by atoms with van der Waals surface area (Å²) in [6.45, 7) is 5.98. The van der Waals surface area contributed by atoms with Gasteiger partial charge in [-0.1, -0.05) is 12.2 Å². The molecule has 2 saturated heterocycles. The Hall–Kier alpha value is -2.15. The normalized spacial score (nSPS) is 22.6. The second kappa shape index (κ2) is 7.46. The van der Waals surface area contributed by atoms with Gasteiger partial charge in [0, 0.05) is 44.8 Å². The van der Waals surface area contributed by atoms with Gasteiger partial charge in [0.15, 0.2) is 0 Å². The molecule has 0 radical (unpaired) electrons. The summed E-state index contributed by atoms with van der Waals surface area (Å²) in [7, 11) is 0. The van der Waals surface area contributed by atoms with E-state index in [0.29, 0.717) is 38.3 Å². The van der Waals surface area contributed by atoms with Gasteiger partial charge in [-0.25, -0.2) is 0 Å². The van der Waals surface area contributed by atoms with Gasteiger partial charge in [0.1, 0.15) is 0 Å². The first kappa shape index (κ1) is 18.2. The number of rotatable bonds is 3. The molecule has 7 heteroatoms. The predicted molar refractivity (Wildman–Crippen MR) is 100 cm³/mol. The van der Waals surface area contributed by atoms with Crippen LogP contribution in [0.3, 0.4) is 0 Å². The van der Waals surface area contributed by atoms with Crippen molar-refractivity contribution >= 4 is 11.8 Å². The maximum absolute atomic E-state index is 12.8. The fourth-order valence-electron chi connectivity index (χ4n) is 4.36. The number of nitrogens with zero attached hydrogens (tertiary/aromatic N) is 4. The second-order valence-electron chi connectivity index (χ2n) is 7.81. The van der Waals surface area contributed by atoms with Crippen LogP contribution in [-0.2, 0) is 16.1 Å². The molecule has 1 aliphatic carbocycles. The van der Waals surface area contributed by atoms with Gasteiger partial charge in [0.25, 0.3) is 5.91 Å². The van der Waals surface area contributed by atoms with Crippen LogP contribution in [0.25, 0.3) is 0 Å². The van der Waals surface area contributed by atoms with Gasteiger partial charge in [-0.2, -0.15) is 5.10 Å². The molecule has 4 rings (SSSR count). The van der Waals surface area contributed by atoms with Crippen LogP contribution in [0.2, 0.25) is 0 Å². The average Bonchev–Trinajstić information content (AvgIpc) is 3.39. The molecule has 0 atom stereocenters. The third kappa shape index (κ3) is 3.65. The molecule has 0 unspecified atom stereocenters. The SMILES string of the molecule is CCn1cc(C(=O)N2CCC3(CC2)CN(C(=O)C2CC=CC2)CCO3)cn1. The Kier molecular flexibility index (Phi) is 5.04. The number of piperidine rings is 1. The fraction of sp³-hybridized carbons (Fsp3) is 0.650. The van der Waals surface area contributed by atoms with Crippen LogP contribution in [0.1, 0.15) is 43.0 Å². The van der Waals surface area contributed by atoms with Crippen LogP contribution in [0.4, 0.5) is 0 Å². The van der Waals surface area contributed by atoms with Crippen LogP contribution >= 0.6 is 0 Å². The van der Waals surface area contributed by atoms with Crippen LogP contribution in [0, 0.1) is 5.92 Å². The molecule has 27 heavy (non-hydrogen) atoms. The lowest BCUT2D eigenvalue weighted by Crippen LogP contribution is -2.59. The van der Waals surface area contributed by atoms with E-state index in [0.717, 1.165) is 32.2 Å². The van der Waals surface area contributed by atoms with E-state index in [2.05, 4.69) is 17.3 Å². The molecule has 0 N–H and O–H groups in total. The molecule has 1 aromatic rings. The van der Waals surface area contributed by atoms with Crippen LogP contribution in [0.15, 0.2) is 24.5 Å². The molecule has 0 aromatic carbocycles. The average molecular weight is 372 g/mol. The molecule has 1 aromatic heterocycles. The van der Waals surface area contributed by atoms with Crippen molar-refractivity contribution in [3.05, 3.63) is 30.1 Å². The highest BCUT2D eigenvalue weighted by Crippen LogP contribution is 2.32. The number of carbonyl (C=O) groups excluding carboxylic acids is 2. The van der Waals surface area contributed by atoms with Gasteiger partial charge in [-0.3, -0.25) is 14.3 Å². The van der Waals surface area contributed by atoms with E-state index in [1.54, 1.807) is 17.1 Å². The number of aromatic nitrogens is 2. The van der Waals surface area contributed by atoms with E-state index in [9.17, 15) is 9.59 Å². The minimum absolute atomic E-state index is 0.0327. The monoisotopic (exact) mass is 372 g/mol. The molecule has 7 nitrogen and oxygen atoms in total. The number of morpholine rings is 1. The van der Waals surface area contributed by atoms with E-state index in [-0.39, 0.29) is 23.3 Å². The van der Waals surface area contributed by atoms with Crippen molar-refractivity contribution in [2.24, 2.45) is 5.92 Å². The van der Waals surface area contributed by atoms with Crippen molar-refractivity contribution in [1.82, 2.24) is 19.6 Å². The fourth-order valence-corrected chi connectivity index (χ4v) is 4.36. The zero-order valence-electron chi connectivity index (χ0n) is 16.0. The summed E-state index contributed by atoms with van der Waals surface area (Å²) in [5.74, 6) is 0.399. The summed E-state index contributed by atoms with van der Waals surface area (Å²) < 4.78 is 7.91. The lowest BCUT2D eigenvalue weighted by atomic mass is 9.88. The molecule has 2 aliphatic heterocycles. The molecule has 146 valence electrons. The molecular weight excluding hydrogens is 344 g/mol. The van der Waals surface area contributed by atoms with Crippen molar-refractivity contribution in [1.29, 1.82) is 0 Å². The standard InChI is InChI=1S/C20H28N4O3/c1-2-24-14-17(13-21-24)19(26)22-9-7-20(8-10-22)15-23(11-12-27-20)18(25)16-5-3-4-6-16/h3-4,13-14,16H,2,5-12,15H2,1H3. The number of amides is 2. The van der Waals surface area contributed by atoms with Gasteiger partial charge >= 0.3 is 0 Å². The Morgan fingerprint density at radius 2 is 1.93 bits per heavy atom. The first-order valence-corrected chi connectivity index (χ1v) is 10.00. The molecule has 0 saturated carbocycles. The first-order chi connectivity index (χ1) is 13.1. The third-order valence-corrected chi connectivity index (χ3v) is 6.08. The van der Waals surface area contributed by atoms with Crippen LogP contribution in [0.5, 0.6) is 0 Å². The Labute approximate surface area is 159 Å². The predicted octanol–water partition coefficient (Wildman–Crippen LogP) is 1.70. The van der Waals surface area contributed by atoms with Crippen LogP contribution < -0.4 is 0 Å². The Morgan fingerprint density at radius 1 is 1.19 bits per heavy atom. The Bertz CT molecular complexity index is 725. The number of ether oxygens (including phenoxy) is 1. The number of likely N-dealkylation sites (tertiary alicyclic amines) is 1. The van der Waals surface area contributed by atoms with E-state index in [4.69, 9.17) is 4.74 Å². The zero-order chi connectivity index (χ0) is 18.9. The maximum atomic E-state index is 12.8. The minimum Gasteiger partial charge on any atom is -0.371 e. The number of aryl methyl sites for hydroxylation is 1. The largest absolute Gasteiger partial charge is 0.371 e. The van der Waals surface area contributed by atoms with Crippen molar-refractivity contribution in [3.8, 4) is 0 Å². The quantitative estimate of drug-likeness (QED) is 0.758. The number of hydrogen-bond acceptors (Lipinski definition) is 4. The maximum Gasteiger partial charge on any atom is 0.257 e. The second-order valence-corrected chi connectivity index (χ2v) is 7.81. The highest BCUT2D eigenvalue weighted by molar-refractivity contribution is 5.93. The van der Waals surface area contributed by atoms with E-state index < -0.39 is 0 Å². The van der Waals surface area contributed by atoms with E-state index in [1.165, 1.54) is 0 Å². The van der Waals surface area contributed by atoms with Crippen molar-refractivity contribution < 1.29 is 14.3 Å². The van der Waals surface area contributed by atoms with Gasteiger partial charge in [-0.05, 0) is 32.6 Å². The summed E-state index contributed by atoms with van der Waals surface area (Å²) in [6.07, 6.45) is 10.9. The Balaban J connectivity index is 1.35.